The first kappa shape index (κ1) is 12.4. The van der Waals surface area contributed by atoms with Crippen molar-refractivity contribution in [2.75, 3.05) is 12.4 Å². The fraction of sp³-hybridized carbons (Fsp3) is 0.250. The van der Waals surface area contributed by atoms with E-state index in [0.717, 1.165) is 21.7 Å². The molecule has 0 unspecified atom stereocenters. The van der Waals surface area contributed by atoms with Gasteiger partial charge in [0, 0.05) is 11.9 Å². The third-order valence-electron chi connectivity index (χ3n) is 2.78. The summed E-state index contributed by atoms with van der Waals surface area (Å²) in [6, 6.07) is 2.07. The van der Waals surface area contributed by atoms with Crippen molar-refractivity contribution in [3.8, 4) is 5.82 Å². The van der Waals surface area contributed by atoms with Gasteiger partial charge >= 0.3 is 0 Å². The second-order valence-electron chi connectivity index (χ2n) is 4.20. The van der Waals surface area contributed by atoms with E-state index in [-0.39, 0.29) is 0 Å². The van der Waals surface area contributed by atoms with E-state index in [1.807, 2.05) is 6.92 Å². The Morgan fingerprint density at radius 1 is 1.32 bits per heavy atom. The highest BCUT2D eigenvalue weighted by molar-refractivity contribution is 7.18. The fourth-order valence-corrected chi connectivity index (χ4v) is 2.87. The van der Waals surface area contributed by atoms with Crippen molar-refractivity contribution in [1.82, 2.24) is 19.7 Å². The minimum Gasteiger partial charge on any atom is -0.357 e. The molecule has 0 saturated heterocycles. The van der Waals surface area contributed by atoms with Crippen LogP contribution >= 0.6 is 22.9 Å². The molecule has 0 aromatic carbocycles. The van der Waals surface area contributed by atoms with Gasteiger partial charge in [0.15, 0.2) is 5.82 Å². The van der Waals surface area contributed by atoms with Gasteiger partial charge in [-0.25, -0.2) is 9.67 Å². The molecule has 0 saturated carbocycles. The van der Waals surface area contributed by atoms with Gasteiger partial charge in [0.2, 0.25) is 5.95 Å². The Hall–Kier alpha value is -1.66. The maximum Gasteiger partial charge on any atom is 0.225 e. The highest BCUT2D eigenvalue weighted by atomic mass is 35.5. The highest BCUT2D eigenvalue weighted by Gasteiger charge is 2.13. The summed E-state index contributed by atoms with van der Waals surface area (Å²) in [6.45, 7) is 3.92. The highest BCUT2D eigenvalue weighted by Crippen LogP contribution is 2.29. The molecule has 0 atom stereocenters. The Kier molecular flexibility index (Phi) is 2.91. The monoisotopic (exact) mass is 293 g/mol. The summed E-state index contributed by atoms with van der Waals surface area (Å²) in [6.07, 6.45) is 1.77. The maximum absolute atomic E-state index is 6.07. The topological polar surface area (TPSA) is 55.6 Å². The van der Waals surface area contributed by atoms with E-state index >= 15 is 0 Å². The van der Waals surface area contributed by atoms with Crippen molar-refractivity contribution in [3.05, 3.63) is 27.9 Å². The Morgan fingerprint density at radius 2 is 2.11 bits per heavy atom. The van der Waals surface area contributed by atoms with Crippen LogP contribution in [0.1, 0.15) is 10.6 Å². The number of fused-ring (bicyclic) bond motifs is 1. The van der Waals surface area contributed by atoms with Crippen LogP contribution in [0.25, 0.3) is 16.0 Å². The molecule has 98 valence electrons. The molecule has 3 rings (SSSR count). The number of aryl methyl sites for hydroxylation is 2. The molecule has 0 bridgehead atoms. The second-order valence-corrected chi connectivity index (χ2v) is 5.85. The number of hydrogen-bond donors (Lipinski definition) is 1. The molecule has 7 heteroatoms. The Morgan fingerprint density at radius 3 is 2.74 bits per heavy atom. The molecule has 3 aromatic heterocycles. The second kappa shape index (κ2) is 4.47. The predicted octanol–water partition coefficient (Wildman–Crippen LogP) is 3.19. The van der Waals surface area contributed by atoms with Crippen molar-refractivity contribution in [2.24, 2.45) is 0 Å². The molecule has 0 aliphatic rings. The predicted molar refractivity (Wildman–Crippen MR) is 78.6 cm³/mol. The molecule has 0 aliphatic heterocycles. The molecule has 3 aromatic rings. The van der Waals surface area contributed by atoms with Crippen LogP contribution in [0.4, 0.5) is 5.95 Å². The van der Waals surface area contributed by atoms with Crippen molar-refractivity contribution in [2.45, 2.75) is 13.8 Å². The smallest absolute Gasteiger partial charge is 0.225 e. The number of rotatable bonds is 2. The van der Waals surface area contributed by atoms with E-state index in [9.17, 15) is 0 Å². The molecule has 3 heterocycles. The lowest BCUT2D eigenvalue weighted by Crippen LogP contribution is -2.04. The van der Waals surface area contributed by atoms with E-state index < -0.39 is 0 Å². The van der Waals surface area contributed by atoms with Crippen LogP contribution < -0.4 is 5.32 Å². The van der Waals surface area contributed by atoms with Gasteiger partial charge < -0.3 is 5.32 Å². The third-order valence-corrected chi connectivity index (χ3v) is 4.09. The summed E-state index contributed by atoms with van der Waals surface area (Å²) in [4.78, 5) is 11.1. The van der Waals surface area contributed by atoms with Crippen molar-refractivity contribution < 1.29 is 0 Å². The van der Waals surface area contributed by atoms with Gasteiger partial charge in [-0.05, 0) is 19.9 Å². The van der Waals surface area contributed by atoms with Gasteiger partial charge in [0.25, 0.3) is 0 Å². The Labute approximate surface area is 119 Å². The van der Waals surface area contributed by atoms with Crippen molar-refractivity contribution in [3.63, 3.8) is 0 Å². The Balaban J connectivity index is 2.31. The van der Waals surface area contributed by atoms with Gasteiger partial charge in [0.1, 0.15) is 4.83 Å². The molecule has 5 nitrogen and oxygen atoms in total. The summed E-state index contributed by atoms with van der Waals surface area (Å²) >= 11 is 7.71. The lowest BCUT2D eigenvalue weighted by Gasteiger charge is -2.05. The minimum absolute atomic E-state index is 0.577. The number of halogens is 1. The van der Waals surface area contributed by atoms with Crippen LogP contribution in [0.15, 0.2) is 12.3 Å². The molecule has 0 spiro atoms. The van der Waals surface area contributed by atoms with E-state index in [1.54, 1.807) is 29.3 Å². The maximum atomic E-state index is 6.07. The average Bonchev–Trinajstić information content (AvgIpc) is 2.90. The van der Waals surface area contributed by atoms with Crippen LogP contribution in [0.2, 0.25) is 5.02 Å². The van der Waals surface area contributed by atoms with Crippen LogP contribution in [-0.4, -0.2) is 26.8 Å². The zero-order chi connectivity index (χ0) is 13.6. The number of thiophene rings is 1. The number of hydrogen-bond acceptors (Lipinski definition) is 5. The van der Waals surface area contributed by atoms with Crippen LogP contribution in [0.5, 0.6) is 0 Å². The number of anilines is 1. The van der Waals surface area contributed by atoms with Crippen molar-refractivity contribution in [1.29, 1.82) is 0 Å². The largest absolute Gasteiger partial charge is 0.357 e. The molecule has 0 aliphatic carbocycles. The quantitative estimate of drug-likeness (QED) is 0.788. The molecular weight excluding hydrogens is 282 g/mol. The van der Waals surface area contributed by atoms with Crippen LogP contribution in [-0.2, 0) is 0 Å². The van der Waals surface area contributed by atoms with Gasteiger partial charge in [-0.15, -0.1) is 11.3 Å². The van der Waals surface area contributed by atoms with Crippen molar-refractivity contribution >= 4 is 39.1 Å². The number of nitrogens with one attached hydrogen (secondary N) is 1. The zero-order valence-corrected chi connectivity index (χ0v) is 12.3. The zero-order valence-electron chi connectivity index (χ0n) is 10.7. The molecule has 0 amide bonds. The van der Waals surface area contributed by atoms with E-state index in [1.165, 1.54) is 4.88 Å². The van der Waals surface area contributed by atoms with Gasteiger partial charge in [-0.2, -0.15) is 10.1 Å². The van der Waals surface area contributed by atoms with Crippen LogP contribution in [0.3, 0.4) is 0 Å². The number of aromatic nitrogens is 4. The van der Waals surface area contributed by atoms with E-state index in [4.69, 9.17) is 11.6 Å². The summed E-state index contributed by atoms with van der Waals surface area (Å²) in [5.41, 5.74) is 0.784. The van der Waals surface area contributed by atoms with Gasteiger partial charge in [-0.1, -0.05) is 11.6 Å². The molecule has 0 fully saturated rings. The normalized spacial score (nSPS) is 11.2. The van der Waals surface area contributed by atoms with Gasteiger partial charge in [0.05, 0.1) is 22.3 Å². The van der Waals surface area contributed by atoms with E-state index in [0.29, 0.717) is 11.0 Å². The lowest BCUT2D eigenvalue weighted by atomic mass is 10.3. The lowest BCUT2D eigenvalue weighted by molar-refractivity contribution is 0.838. The third kappa shape index (κ3) is 2.06. The summed E-state index contributed by atoms with van der Waals surface area (Å²) in [5.74, 6) is 1.32. The number of nitrogens with zero attached hydrogens (tertiary/aromatic N) is 4. The molecule has 1 N–H and O–H groups in total. The SMILES string of the molecule is CNc1nc(-n2cc(Cl)c(C)n2)c2cc(C)sc2n1. The molecule has 19 heavy (non-hydrogen) atoms. The first-order chi connectivity index (χ1) is 9.08. The minimum atomic E-state index is 0.577. The summed E-state index contributed by atoms with van der Waals surface area (Å²) < 4.78 is 1.70. The fourth-order valence-electron chi connectivity index (χ4n) is 1.86. The average molecular weight is 294 g/mol. The standard InChI is InChI=1S/C12H12ClN5S/c1-6-4-8-10(18-5-9(13)7(2)17-18)15-12(14-3)16-11(8)19-6/h4-5H,1-3H3,(H,14,15,16). The molecule has 0 radical (unpaired) electrons. The Bertz CT molecular complexity index is 741. The first-order valence-electron chi connectivity index (χ1n) is 5.76. The summed E-state index contributed by atoms with van der Waals surface area (Å²) in [5, 5.41) is 8.97. The molecular formula is C12H12ClN5S. The summed E-state index contributed by atoms with van der Waals surface area (Å²) in [7, 11) is 1.80. The van der Waals surface area contributed by atoms with Crippen LogP contribution in [0, 0.1) is 13.8 Å². The van der Waals surface area contributed by atoms with E-state index in [2.05, 4.69) is 33.4 Å². The van der Waals surface area contributed by atoms with Gasteiger partial charge in [-0.3, -0.25) is 0 Å². The first-order valence-corrected chi connectivity index (χ1v) is 6.96.